The van der Waals surface area contributed by atoms with Gasteiger partial charge in [0.1, 0.15) is 6.29 Å². The average molecular weight is 170 g/mol. The van der Waals surface area contributed by atoms with Crippen molar-refractivity contribution in [1.29, 1.82) is 0 Å². The van der Waals surface area contributed by atoms with Crippen molar-refractivity contribution in [2.45, 2.75) is 51.0 Å². The lowest BCUT2D eigenvalue weighted by Gasteiger charge is -2.34. The van der Waals surface area contributed by atoms with E-state index in [0.29, 0.717) is 5.92 Å². The minimum absolute atomic E-state index is 0.289. The van der Waals surface area contributed by atoms with Crippen molar-refractivity contribution in [3.8, 4) is 0 Å². The molecule has 2 heteroatoms. The van der Waals surface area contributed by atoms with Gasteiger partial charge in [-0.1, -0.05) is 19.3 Å². The Hall–Kier alpha value is -0.370. The quantitative estimate of drug-likeness (QED) is 0.657. The van der Waals surface area contributed by atoms with Crippen molar-refractivity contribution in [1.82, 2.24) is 0 Å². The zero-order valence-electron chi connectivity index (χ0n) is 7.75. The molecule has 1 fully saturated rings. The Morgan fingerprint density at radius 3 is 2.50 bits per heavy atom. The first kappa shape index (κ1) is 9.72. The maximum atomic E-state index is 10.3. The van der Waals surface area contributed by atoms with Crippen LogP contribution in [0.4, 0.5) is 0 Å². The van der Waals surface area contributed by atoms with Gasteiger partial charge in [0.25, 0.3) is 0 Å². The van der Waals surface area contributed by atoms with Crippen LogP contribution in [0.5, 0.6) is 0 Å². The molecular formula is C10H18O2. The number of hydrogen-bond donors (Lipinski definition) is 1. The van der Waals surface area contributed by atoms with Crippen LogP contribution in [0.2, 0.25) is 0 Å². The van der Waals surface area contributed by atoms with Gasteiger partial charge in [-0.2, -0.15) is 0 Å². The molecule has 0 aromatic heterocycles. The highest BCUT2D eigenvalue weighted by Crippen LogP contribution is 2.33. The molecule has 1 saturated carbocycles. The Kier molecular flexibility index (Phi) is 3.27. The molecule has 0 bridgehead atoms. The standard InChI is InChI=1S/C10H18O2/c1-10(12,7-8-11)9-5-3-2-4-6-9/h8-9,12H,2-7H2,1H3/t10-/m0/s1. The Labute approximate surface area is 74.0 Å². The van der Waals surface area contributed by atoms with Gasteiger partial charge in [0, 0.05) is 6.42 Å². The molecule has 0 heterocycles. The summed E-state index contributed by atoms with van der Waals surface area (Å²) in [4.78, 5) is 10.3. The summed E-state index contributed by atoms with van der Waals surface area (Å²) in [5.41, 5.74) is -0.748. The molecule has 1 atom stereocenters. The molecule has 0 unspecified atom stereocenters. The molecule has 0 radical (unpaired) electrons. The summed E-state index contributed by atoms with van der Waals surface area (Å²) in [6.45, 7) is 1.79. The molecule has 2 nitrogen and oxygen atoms in total. The largest absolute Gasteiger partial charge is 0.389 e. The summed E-state index contributed by atoms with van der Waals surface area (Å²) in [5, 5.41) is 9.91. The van der Waals surface area contributed by atoms with Crippen molar-refractivity contribution in [2.75, 3.05) is 0 Å². The summed E-state index contributed by atoms with van der Waals surface area (Å²) in [6, 6.07) is 0. The molecule has 0 aliphatic heterocycles. The highest BCUT2D eigenvalue weighted by Gasteiger charge is 2.31. The van der Waals surface area contributed by atoms with Crippen molar-refractivity contribution in [3.05, 3.63) is 0 Å². The van der Waals surface area contributed by atoms with E-state index in [4.69, 9.17) is 0 Å². The van der Waals surface area contributed by atoms with Gasteiger partial charge in [0.15, 0.2) is 0 Å². The molecule has 1 N–H and O–H groups in total. The van der Waals surface area contributed by atoms with E-state index in [1.807, 2.05) is 0 Å². The maximum absolute atomic E-state index is 10.3. The second-order valence-electron chi connectivity index (χ2n) is 4.06. The fraction of sp³-hybridized carbons (Fsp3) is 0.900. The molecule has 0 aromatic carbocycles. The molecule has 70 valence electrons. The summed E-state index contributed by atoms with van der Waals surface area (Å²) in [5.74, 6) is 0.344. The number of hydrogen-bond acceptors (Lipinski definition) is 2. The first-order chi connectivity index (χ1) is 5.67. The second-order valence-corrected chi connectivity index (χ2v) is 4.06. The Bertz CT molecular complexity index is 146. The lowest BCUT2D eigenvalue weighted by atomic mass is 9.76. The number of aliphatic hydroxyl groups is 1. The predicted octanol–water partition coefficient (Wildman–Crippen LogP) is 1.91. The van der Waals surface area contributed by atoms with Gasteiger partial charge in [-0.15, -0.1) is 0 Å². The van der Waals surface area contributed by atoms with Gasteiger partial charge in [-0.05, 0) is 25.7 Å². The number of carbonyl (C=O) groups excluding carboxylic acids is 1. The fourth-order valence-corrected chi connectivity index (χ4v) is 2.06. The second kappa shape index (κ2) is 4.04. The summed E-state index contributed by atoms with van der Waals surface area (Å²) < 4.78 is 0. The van der Waals surface area contributed by atoms with E-state index >= 15 is 0 Å². The molecule has 0 saturated heterocycles. The third kappa shape index (κ3) is 2.31. The Morgan fingerprint density at radius 2 is 2.00 bits per heavy atom. The molecule has 1 aliphatic carbocycles. The van der Waals surface area contributed by atoms with E-state index in [2.05, 4.69) is 0 Å². The van der Waals surface area contributed by atoms with Crippen LogP contribution in [-0.2, 0) is 4.79 Å². The monoisotopic (exact) mass is 170 g/mol. The number of carbonyl (C=O) groups is 1. The first-order valence-corrected chi connectivity index (χ1v) is 4.83. The van der Waals surface area contributed by atoms with Crippen LogP contribution < -0.4 is 0 Å². The van der Waals surface area contributed by atoms with Gasteiger partial charge >= 0.3 is 0 Å². The van der Waals surface area contributed by atoms with E-state index in [1.54, 1.807) is 6.92 Å². The Morgan fingerprint density at radius 1 is 1.42 bits per heavy atom. The van der Waals surface area contributed by atoms with Crippen LogP contribution in [0, 0.1) is 5.92 Å². The lowest BCUT2D eigenvalue weighted by Crippen LogP contribution is -2.36. The molecule has 0 spiro atoms. The predicted molar refractivity (Wildman–Crippen MR) is 47.9 cm³/mol. The highest BCUT2D eigenvalue weighted by molar-refractivity contribution is 5.51. The van der Waals surface area contributed by atoms with E-state index in [0.717, 1.165) is 19.1 Å². The molecule has 12 heavy (non-hydrogen) atoms. The molecular weight excluding hydrogens is 152 g/mol. The highest BCUT2D eigenvalue weighted by atomic mass is 16.3. The third-order valence-electron chi connectivity index (χ3n) is 2.98. The van der Waals surface area contributed by atoms with E-state index in [1.165, 1.54) is 19.3 Å². The zero-order valence-corrected chi connectivity index (χ0v) is 7.75. The van der Waals surface area contributed by atoms with Crippen molar-refractivity contribution >= 4 is 6.29 Å². The van der Waals surface area contributed by atoms with E-state index in [-0.39, 0.29) is 6.42 Å². The maximum Gasteiger partial charge on any atom is 0.122 e. The van der Waals surface area contributed by atoms with Crippen molar-refractivity contribution < 1.29 is 9.90 Å². The van der Waals surface area contributed by atoms with Crippen LogP contribution in [0.25, 0.3) is 0 Å². The molecule has 1 rings (SSSR count). The van der Waals surface area contributed by atoms with Crippen LogP contribution >= 0.6 is 0 Å². The van der Waals surface area contributed by atoms with Crippen LogP contribution in [0.3, 0.4) is 0 Å². The minimum Gasteiger partial charge on any atom is -0.389 e. The average Bonchev–Trinajstić information content (AvgIpc) is 2.06. The van der Waals surface area contributed by atoms with Gasteiger partial charge in [0.2, 0.25) is 0 Å². The normalized spacial score (nSPS) is 24.8. The summed E-state index contributed by atoms with van der Waals surface area (Å²) in [6.07, 6.45) is 6.99. The Balaban J connectivity index is 2.47. The minimum atomic E-state index is -0.748. The van der Waals surface area contributed by atoms with Crippen molar-refractivity contribution in [3.63, 3.8) is 0 Å². The third-order valence-corrected chi connectivity index (χ3v) is 2.98. The van der Waals surface area contributed by atoms with E-state index in [9.17, 15) is 9.90 Å². The number of rotatable bonds is 3. The molecule has 1 aliphatic rings. The summed E-state index contributed by atoms with van der Waals surface area (Å²) in [7, 11) is 0. The SMILES string of the molecule is C[C@](O)(CC=O)C1CCCCC1. The lowest BCUT2D eigenvalue weighted by molar-refractivity contribution is -0.114. The van der Waals surface area contributed by atoms with Gasteiger partial charge in [-0.3, -0.25) is 0 Å². The van der Waals surface area contributed by atoms with E-state index < -0.39 is 5.60 Å². The van der Waals surface area contributed by atoms with Crippen LogP contribution in [0.1, 0.15) is 45.4 Å². The first-order valence-electron chi connectivity index (χ1n) is 4.83. The topological polar surface area (TPSA) is 37.3 Å². The van der Waals surface area contributed by atoms with Gasteiger partial charge in [0.05, 0.1) is 5.60 Å². The zero-order chi connectivity index (χ0) is 9.03. The van der Waals surface area contributed by atoms with Gasteiger partial charge < -0.3 is 9.90 Å². The molecule has 0 amide bonds. The number of aldehydes is 1. The van der Waals surface area contributed by atoms with Crippen LogP contribution in [0.15, 0.2) is 0 Å². The van der Waals surface area contributed by atoms with Gasteiger partial charge in [-0.25, -0.2) is 0 Å². The smallest absolute Gasteiger partial charge is 0.122 e. The molecule has 0 aromatic rings. The van der Waals surface area contributed by atoms with Crippen LogP contribution in [-0.4, -0.2) is 17.0 Å². The fourth-order valence-electron chi connectivity index (χ4n) is 2.06. The van der Waals surface area contributed by atoms with Crippen molar-refractivity contribution in [2.24, 2.45) is 5.92 Å². The summed E-state index contributed by atoms with van der Waals surface area (Å²) >= 11 is 0.